The summed E-state index contributed by atoms with van der Waals surface area (Å²) in [6, 6.07) is 25.9. The number of methoxy groups -OCH3 is 1. The first kappa shape index (κ1) is 26.9. The summed E-state index contributed by atoms with van der Waals surface area (Å²) >= 11 is 0. The predicted molar refractivity (Wildman–Crippen MR) is 153 cm³/mol. The van der Waals surface area contributed by atoms with Gasteiger partial charge in [0.05, 0.1) is 5.56 Å². The van der Waals surface area contributed by atoms with Gasteiger partial charge in [-0.1, -0.05) is 66.7 Å². The molecule has 1 N–H and O–H groups in total. The largest absolute Gasteiger partial charge is 0.478 e. The molecule has 1 heterocycles. The lowest BCUT2D eigenvalue weighted by atomic mass is 9.93. The van der Waals surface area contributed by atoms with Crippen LogP contribution in [0.25, 0.3) is 0 Å². The van der Waals surface area contributed by atoms with Gasteiger partial charge in [0.2, 0.25) is 5.79 Å². The van der Waals surface area contributed by atoms with E-state index in [2.05, 4.69) is 58.4 Å². The van der Waals surface area contributed by atoms with Crippen molar-refractivity contribution in [2.24, 2.45) is 0 Å². The zero-order chi connectivity index (χ0) is 27.1. The molecule has 0 atom stereocenters. The Morgan fingerprint density at radius 2 is 1.38 bits per heavy atom. The molecular formula is C33H36N2O4. The van der Waals surface area contributed by atoms with E-state index >= 15 is 0 Å². The van der Waals surface area contributed by atoms with Crippen molar-refractivity contribution in [3.8, 4) is 5.75 Å². The number of benzene rings is 3. The molecule has 1 aliphatic heterocycles. The van der Waals surface area contributed by atoms with Crippen LogP contribution in [-0.2, 0) is 17.8 Å². The highest BCUT2D eigenvalue weighted by Crippen LogP contribution is 2.31. The molecule has 2 aliphatic rings. The molecule has 1 fully saturated rings. The standard InChI is InChI=1S/C33H36N2O4/c1-38-33(18-16-29(17-19-33)28-6-3-2-4-7-28)39-31-14-10-27(11-15-31)25-35-21-5-20-34(22-23-35)24-26-8-12-30(13-9-26)32(36)37/h2-4,6-19,29H,5,20-25H2,1H3,(H,36,37). The Morgan fingerprint density at radius 3 is 1.92 bits per heavy atom. The molecule has 0 aromatic heterocycles. The van der Waals surface area contributed by atoms with Crippen LogP contribution in [0.5, 0.6) is 5.75 Å². The van der Waals surface area contributed by atoms with Gasteiger partial charge in [-0.15, -0.1) is 0 Å². The molecule has 0 radical (unpaired) electrons. The van der Waals surface area contributed by atoms with Gasteiger partial charge in [-0.3, -0.25) is 9.80 Å². The molecule has 39 heavy (non-hydrogen) atoms. The zero-order valence-corrected chi connectivity index (χ0v) is 22.4. The average molecular weight is 525 g/mol. The van der Waals surface area contributed by atoms with Crippen molar-refractivity contribution in [2.75, 3.05) is 33.3 Å². The lowest BCUT2D eigenvalue weighted by Crippen LogP contribution is -2.35. The van der Waals surface area contributed by atoms with Crippen molar-refractivity contribution in [1.82, 2.24) is 9.80 Å². The van der Waals surface area contributed by atoms with Crippen LogP contribution in [0, 0.1) is 0 Å². The molecule has 0 amide bonds. The number of hydrogen-bond donors (Lipinski definition) is 1. The van der Waals surface area contributed by atoms with Crippen molar-refractivity contribution in [3.05, 3.63) is 125 Å². The van der Waals surface area contributed by atoms with Crippen molar-refractivity contribution < 1.29 is 19.4 Å². The monoisotopic (exact) mass is 524 g/mol. The third-order valence-electron chi connectivity index (χ3n) is 7.47. The third-order valence-corrected chi connectivity index (χ3v) is 7.47. The van der Waals surface area contributed by atoms with E-state index in [0.29, 0.717) is 5.56 Å². The molecule has 0 spiro atoms. The minimum Gasteiger partial charge on any atom is -0.478 e. The molecular weight excluding hydrogens is 488 g/mol. The number of aromatic carboxylic acids is 1. The quantitative estimate of drug-likeness (QED) is 0.285. The summed E-state index contributed by atoms with van der Waals surface area (Å²) in [5.41, 5.74) is 3.98. The molecule has 0 bridgehead atoms. The number of rotatable bonds is 9. The second-order valence-electron chi connectivity index (χ2n) is 10.2. The van der Waals surface area contributed by atoms with Crippen LogP contribution < -0.4 is 4.74 Å². The maximum Gasteiger partial charge on any atom is 0.335 e. The van der Waals surface area contributed by atoms with Gasteiger partial charge in [0.1, 0.15) is 5.75 Å². The van der Waals surface area contributed by atoms with Crippen LogP contribution in [0.3, 0.4) is 0 Å². The minimum absolute atomic E-state index is 0.211. The summed E-state index contributed by atoms with van der Waals surface area (Å²) in [4.78, 5) is 16.0. The van der Waals surface area contributed by atoms with E-state index in [0.717, 1.165) is 57.0 Å². The Hall–Kier alpha value is -3.71. The van der Waals surface area contributed by atoms with E-state index in [1.165, 1.54) is 11.1 Å². The van der Waals surface area contributed by atoms with E-state index in [1.807, 2.05) is 42.5 Å². The molecule has 202 valence electrons. The van der Waals surface area contributed by atoms with Crippen molar-refractivity contribution in [3.63, 3.8) is 0 Å². The number of nitrogens with zero attached hydrogens (tertiary/aromatic N) is 2. The van der Waals surface area contributed by atoms with Gasteiger partial charge >= 0.3 is 5.97 Å². The Bertz CT molecular complexity index is 1270. The molecule has 3 aromatic carbocycles. The van der Waals surface area contributed by atoms with Crippen molar-refractivity contribution >= 4 is 5.97 Å². The fourth-order valence-electron chi connectivity index (χ4n) is 5.20. The molecule has 1 aliphatic carbocycles. The van der Waals surface area contributed by atoms with Gasteiger partial charge in [-0.2, -0.15) is 0 Å². The summed E-state index contributed by atoms with van der Waals surface area (Å²) in [7, 11) is 1.67. The SMILES string of the molecule is COC1(Oc2ccc(CN3CCCN(Cc4ccc(C(=O)O)cc4)CC3)cc2)C=CC(c2ccccc2)C=C1. The van der Waals surface area contributed by atoms with E-state index in [-0.39, 0.29) is 5.92 Å². The van der Waals surface area contributed by atoms with Gasteiger partial charge in [-0.05, 0) is 72.6 Å². The summed E-state index contributed by atoms with van der Waals surface area (Å²) < 4.78 is 12.1. The molecule has 3 aromatic rings. The number of carboxylic acids is 1. The Labute approximate surface area is 230 Å². The zero-order valence-electron chi connectivity index (χ0n) is 22.4. The number of ether oxygens (including phenoxy) is 2. The number of carbonyl (C=O) groups is 1. The summed E-state index contributed by atoms with van der Waals surface area (Å²) in [5.74, 6) is -0.814. The second-order valence-corrected chi connectivity index (χ2v) is 10.2. The van der Waals surface area contributed by atoms with Gasteiger partial charge in [0.15, 0.2) is 0 Å². The van der Waals surface area contributed by atoms with Crippen LogP contribution >= 0.6 is 0 Å². The van der Waals surface area contributed by atoms with Crippen LogP contribution in [0.15, 0.2) is 103 Å². The first-order valence-electron chi connectivity index (χ1n) is 13.6. The summed E-state index contributed by atoms with van der Waals surface area (Å²) in [6.45, 7) is 5.82. The fourth-order valence-corrected chi connectivity index (χ4v) is 5.20. The van der Waals surface area contributed by atoms with E-state index in [4.69, 9.17) is 14.6 Å². The predicted octanol–water partition coefficient (Wildman–Crippen LogP) is 5.72. The third kappa shape index (κ3) is 7.03. The van der Waals surface area contributed by atoms with E-state index < -0.39 is 11.8 Å². The molecule has 6 nitrogen and oxygen atoms in total. The Balaban J connectivity index is 1.13. The van der Waals surface area contributed by atoms with Crippen LogP contribution in [-0.4, -0.2) is 60.0 Å². The number of hydrogen-bond acceptors (Lipinski definition) is 5. The average Bonchev–Trinajstić information content (AvgIpc) is 3.20. The van der Waals surface area contributed by atoms with Gasteiger partial charge in [0.25, 0.3) is 0 Å². The first-order valence-corrected chi connectivity index (χ1v) is 13.6. The number of carboxylic acid groups (broad SMARTS) is 1. The highest BCUT2D eigenvalue weighted by molar-refractivity contribution is 5.87. The molecule has 0 unspecified atom stereocenters. The molecule has 0 saturated carbocycles. The lowest BCUT2D eigenvalue weighted by molar-refractivity contribution is -0.0862. The van der Waals surface area contributed by atoms with Crippen molar-refractivity contribution in [1.29, 1.82) is 0 Å². The highest BCUT2D eigenvalue weighted by Gasteiger charge is 2.29. The van der Waals surface area contributed by atoms with Gasteiger partial charge in [0, 0.05) is 39.2 Å². The second kappa shape index (κ2) is 12.4. The van der Waals surface area contributed by atoms with E-state index in [9.17, 15) is 4.79 Å². The molecule has 1 saturated heterocycles. The normalized spacial score (nSPS) is 21.9. The maximum atomic E-state index is 11.1. The van der Waals surface area contributed by atoms with Gasteiger partial charge in [-0.25, -0.2) is 4.79 Å². The molecule has 5 rings (SSSR count). The topological polar surface area (TPSA) is 62.2 Å². The van der Waals surface area contributed by atoms with Crippen LogP contribution in [0.1, 0.15) is 39.4 Å². The molecule has 6 heteroatoms. The van der Waals surface area contributed by atoms with Crippen LogP contribution in [0.4, 0.5) is 0 Å². The van der Waals surface area contributed by atoms with Crippen molar-refractivity contribution in [2.45, 2.75) is 31.2 Å². The Morgan fingerprint density at radius 1 is 0.821 bits per heavy atom. The maximum absolute atomic E-state index is 11.1. The highest BCUT2D eigenvalue weighted by atomic mass is 16.7. The lowest BCUT2D eigenvalue weighted by Gasteiger charge is -2.30. The Kier molecular flexibility index (Phi) is 8.57. The van der Waals surface area contributed by atoms with E-state index in [1.54, 1.807) is 19.2 Å². The number of allylic oxidation sites excluding steroid dienone is 2. The smallest absolute Gasteiger partial charge is 0.335 e. The summed E-state index contributed by atoms with van der Waals surface area (Å²) in [6.07, 6.45) is 9.33. The summed E-state index contributed by atoms with van der Waals surface area (Å²) in [5, 5.41) is 9.11. The minimum atomic E-state index is -0.908. The van der Waals surface area contributed by atoms with Gasteiger partial charge < -0.3 is 14.6 Å². The van der Waals surface area contributed by atoms with Crippen LogP contribution in [0.2, 0.25) is 0 Å². The fraction of sp³-hybridized carbons (Fsp3) is 0.303. The first-order chi connectivity index (χ1) is 19.0.